The molecule has 1 aliphatic carbocycles. The third-order valence-corrected chi connectivity index (χ3v) is 4.25. The van der Waals surface area contributed by atoms with E-state index in [0.29, 0.717) is 5.92 Å². The first-order valence-corrected chi connectivity index (χ1v) is 7.06. The van der Waals surface area contributed by atoms with Crippen molar-refractivity contribution in [3.8, 4) is 0 Å². The average Bonchev–Trinajstić information content (AvgIpc) is 2.94. The van der Waals surface area contributed by atoms with Gasteiger partial charge in [0.2, 0.25) is 0 Å². The zero-order valence-electron chi connectivity index (χ0n) is 11.5. The van der Waals surface area contributed by atoms with E-state index in [-0.39, 0.29) is 12.1 Å². The number of nitrogens with one attached hydrogen (secondary N) is 1. The van der Waals surface area contributed by atoms with Gasteiger partial charge >= 0.3 is 0 Å². The summed E-state index contributed by atoms with van der Waals surface area (Å²) < 4.78 is 2.02. The van der Waals surface area contributed by atoms with E-state index in [1.165, 1.54) is 12.8 Å². The van der Waals surface area contributed by atoms with Crippen LogP contribution in [0.1, 0.15) is 38.3 Å². The highest BCUT2D eigenvalue weighted by atomic mass is 16.3. The van der Waals surface area contributed by atoms with Crippen LogP contribution in [0.25, 0.3) is 0 Å². The van der Waals surface area contributed by atoms with E-state index in [4.69, 9.17) is 0 Å². The highest BCUT2D eigenvalue weighted by Gasteiger charge is 2.41. The lowest BCUT2D eigenvalue weighted by molar-refractivity contribution is 0.118. The second-order valence-electron chi connectivity index (χ2n) is 5.44. The van der Waals surface area contributed by atoms with Crippen molar-refractivity contribution in [2.75, 3.05) is 13.2 Å². The maximum atomic E-state index is 9.73. The summed E-state index contributed by atoms with van der Waals surface area (Å²) in [6, 6.07) is 2.04. The highest BCUT2D eigenvalue weighted by molar-refractivity contribution is 4.99. The highest BCUT2D eigenvalue weighted by Crippen LogP contribution is 2.37. The number of hydrogen-bond acceptors (Lipinski definition) is 3. The Labute approximate surface area is 109 Å². The fourth-order valence-corrected chi connectivity index (χ4v) is 3.29. The van der Waals surface area contributed by atoms with E-state index in [0.717, 1.165) is 31.6 Å². The quantitative estimate of drug-likeness (QED) is 0.809. The fraction of sp³-hybridized carbons (Fsp3) is 0.786. The first-order valence-electron chi connectivity index (χ1n) is 7.06. The maximum Gasteiger partial charge on any atom is 0.0616 e. The van der Waals surface area contributed by atoms with Crippen molar-refractivity contribution in [1.29, 1.82) is 0 Å². The Hall–Kier alpha value is -0.870. The van der Waals surface area contributed by atoms with Crippen molar-refractivity contribution in [3.63, 3.8) is 0 Å². The van der Waals surface area contributed by atoms with Gasteiger partial charge in [-0.2, -0.15) is 5.10 Å². The Morgan fingerprint density at radius 3 is 3.06 bits per heavy atom. The van der Waals surface area contributed by atoms with Crippen LogP contribution >= 0.6 is 0 Å². The predicted molar refractivity (Wildman–Crippen MR) is 72.4 cm³/mol. The fourth-order valence-electron chi connectivity index (χ4n) is 3.29. The molecule has 1 aromatic heterocycles. The molecular formula is C14H25N3O. The van der Waals surface area contributed by atoms with Crippen LogP contribution in [0.3, 0.4) is 0 Å². The molecule has 1 fully saturated rings. The number of likely N-dealkylation sites (N-methyl/N-ethyl adjacent to an activating group) is 1. The summed E-state index contributed by atoms with van der Waals surface area (Å²) >= 11 is 0. The average molecular weight is 251 g/mol. The van der Waals surface area contributed by atoms with Crippen LogP contribution in [0.2, 0.25) is 0 Å². The van der Waals surface area contributed by atoms with E-state index in [1.807, 2.05) is 23.9 Å². The van der Waals surface area contributed by atoms with Crippen molar-refractivity contribution in [2.24, 2.45) is 5.92 Å². The lowest BCUT2D eigenvalue weighted by Crippen LogP contribution is -2.51. The lowest BCUT2D eigenvalue weighted by Gasteiger charge is -2.35. The van der Waals surface area contributed by atoms with E-state index < -0.39 is 0 Å². The van der Waals surface area contributed by atoms with Crippen LogP contribution in [0, 0.1) is 12.8 Å². The molecular weight excluding hydrogens is 226 g/mol. The first kappa shape index (κ1) is 13.6. The topological polar surface area (TPSA) is 50.1 Å². The Morgan fingerprint density at radius 1 is 1.61 bits per heavy atom. The largest absolute Gasteiger partial charge is 0.394 e. The minimum Gasteiger partial charge on any atom is -0.394 e. The summed E-state index contributed by atoms with van der Waals surface area (Å²) in [5.74, 6) is 0.562. The third-order valence-electron chi connectivity index (χ3n) is 4.25. The molecule has 4 heteroatoms. The second kappa shape index (κ2) is 5.85. The van der Waals surface area contributed by atoms with Gasteiger partial charge < -0.3 is 10.4 Å². The number of rotatable bonds is 6. The maximum absolute atomic E-state index is 9.73. The molecule has 0 aliphatic heterocycles. The molecule has 0 radical (unpaired) electrons. The molecule has 0 aromatic carbocycles. The van der Waals surface area contributed by atoms with Gasteiger partial charge in [-0.15, -0.1) is 0 Å². The number of aliphatic hydroxyl groups is 1. The van der Waals surface area contributed by atoms with Crippen LogP contribution in [0.15, 0.2) is 12.3 Å². The molecule has 102 valence electrons. The van der Waals surface area contributed by atoms with Gasteiger partial charge in [-0.1, -0.05) is 13.3 Å². The molecule has 0 saturated heterocycles. The molecule has 4 nitrogen and oxygen atoms in total. The lowest BCUT2D eigenvalue weighted by atomic mass is 9.85. The number of aryl methyl sites for hydroxylation is 2. The number of hydrogen-bond donors (Lipinski definition) is 2. The van der Waals surface area contributed by atoms with Gasteiger partial charge in [-0.3, -0.25) is 4.68 Å². The summed E-state index contributed by atoms with van der Waals surface area (Å²) in [4.78, 5) is 0. The number of aromatic nitrogens is 2. The van der Waals surface area contributed by atoms with Crippen LogP contribution in [0.4, 0.5) is 0 Å². The summed E-state index contributed by atoms with van der Waals surface area (Å²) in [6.45, 7) is 6.26. The second-order valence-corrected chi connectivity index (χ2v) is 5.44. The van der Waals surface area contributed by atoms with E-state index in [9.17, 15) is 5.11 Å². The third kappa shape index (κ3) is 2.75. The smallest absolute Gasteiger partial charge is 0.0616 e. The zero-order chi connectivity index (χ0) is 13.0. The van der Waals surface area contributed by atoms with Crippen molar-refractivity contribution in [2.45, 2.75) is 51.6 Å². The molecule has 2 unspecified atom stereocenters. The molecule has 2 atom stereocenters. The summed E-state index contributed by atoms with van der Waals surface area (Å²) in [5.41, 5.74) is 1.03. The van der Waals surface area contributed by atoms with Gasteiger partial charge in [0.05, 0.1) is 12.3 Å². The summed E-state index contributed by atoms with van der Waals surface area (Å²) in [6.07, 6.45) is 6.66. The number of nitrogens with zero attached hydrogens (tertiary/aromatic N) is 2. The number of aliphatic hydroxyl groups excluding tert-OH is 1. The minimum absolute atomic E-state index is 0.0447. The zero-order valence-corrected chi connectivity index (χ0v) is 11.5. The molecule has 1 heterocycles. The molecule has 18 heavy (non-hydrogen) atoms. The summed E-state index contributed by atoms with van der Waals surface area (Å²) in [7, 11) is 0. The molecule has 1 saturated carbocycles. The SMILES string of the molecule is CCNC1(CO)CCCC1CCn1ccc(C)n1. The molecule has 0 spiro atoms. The molecule has 2 N–H and O–H groups in total. The van der Waals surface area contributed by atoms with Gasteiger partial charge in [0.1, 0.15) is 0 Å². The van der Waals surface area contributed by atoms with Gasteiger partial charge in [-0.25, -0.2) is 0 Å². The summed E-state index contributed by atoms with van der Waals surface area (Å²) in [5, 5.41) is 17.7. The van der Waals surface area contributed by atoms with Crippen molar-refractivity contribution in [3.05, 3.63) is 18.0 Å². The minimum atomic E-state index is -0.0447. The standard InChI is InChI=1S/C14H25N3O/c1-3-15-14(11-18)8-4-5-13(14)7-10-17-9-6-12(2)16-17/h6,9,13,15,18H,3-5,7-8,10-11H2,1-2H3. The van der Waals surface area contributed by atoms with Gasteiger partial charge in [0.15, 0.2) is 0 Å². The van der Waals surface area contributed by atoms with Gasteiger partial charge in [-0.05, 0) is 44.7 Å². The van der Waals surface area contributed by atoms with Crippen molar-refractivity contribution < 1.29 is 5.11 Å². The molecule has 1 aliphatic rings. The predicted octanol–water partition coefficient (Wildman–Crippen LogP) is 1.72. The van der Waals surface area contributed by atoms with E-state index >= 15 is 0 Å². The Kier molecular flexibility index (Phi) is 4.40. The van der Waals surface area contributed by atoms with Gasteiger partial charge in [0.25, 0.3) is 0 Å². The van der Waals surface area contributed by atoms with Crippen LogP contribution in [-0.2, 0) is 6.54 Å². The molecule has 2 rings (SSSR count). The van der Waals surface area contributed by atoms with E-state index in [1.54, 1.807) is 0 Å². The molecule has 0 amide bonds. The van der Waals surface area contributed by atoms with Crippen molar-refractivity contribution >= 4 is 0 Å². The molecule has 1 aromatic rings. The molecule has 0 bridgehead atoms. The van der Waals surface area contributed by atoms with Crippen molar-refractivity contribution in [1.82, 2.24) is 15.1 Å². The Morgan fingerprint density at radius 2 is 2.44 bits per heavy atom. The van der Waals surface area contributed by atoms with E-state index in [2.05, 4.69) is 17.3 Å². The Bertz CT molecular complexity index is 377. The van der Waals surface area contributed by atoms with Crippen LogP contribution < -0.4 is 5.32 Å². The first-order chi connectivity index (χ1) is 8.70. The Balaban J connectivity index is 1.95. The van der Waals surface area contributed by atoms with Gasteiger partial charge in [0, 0.05) is 18.3 Å². The normalized spacial score (nSPS) is 27.8. The van der Waals surface area contributed by atoms with Crippen LogP contribution in [0.5, 0.6) is 0 Å². The van der Waals surface area contributed by atoms with Crippen LogP contribution in [-0.4, -0.2) is 33.6 Å². The monoisotopic (exact) mass is 251 g/mol.